The Morgan fingerprint density at radius 2 is 2.13 bits per heavy atom. The second-order valence-corrected chi connectivity index (χ2v) is 5.72. The monoisotopic (exact) mass is 238 g/mol. The fourth-order valence-corrected chi connectivity index (χ4v) is 3.65. The fraction of sp³-hybridized carbons (Fsp3) is 0.417. The minimum atomic E-state index is 1.06. The molecule has 0 saturated carbocycles. The second-order valence-electron chi connectivity index (χ2n) is 3.58. The van der Waals surface area contributed by atoms with Gasteiger partial charge in [-0.05, 0) is 18.0 Å². The van der Waals surface area contributed by atoms with Gasteiger partial charge in [-0.25, -0.2) is 4.58 Å². The van der Waals surface area contributed by atoms with Crippen molar-refractivity contribution in [2.24, 2.45) is 0 Å². The molecule has 0 atom stereocenters. The van der Waals surface area contributed by atoms with Gasteiger partial charge < -0.3 is 0 Å². The van der Waals surface area contributed by atoms with Gasteiger partial charge in [0.15, 0.2) is 6.54 Å². The molecule has 0 N–H and O–H groups in total. The van der Waals surface area contributed by atoms with Gasteiger partial charge in [0.05, 0.1) is 0 Å². The summed E-state index contributed by atoms with van der Waals surface area (Å²) in [6.07, 6.45) is 3.48. The van der Waals surface area contributed by atoms with E-state index in [4.69, 9.17) is 0 Å². The lowest BCUT2D eigenvalue weighted by molar-refractivity contribution is -0.539. The molecule has 0 spiro atoms. The van der Waals surface area contributed by atoms with Crippen molar-refractivity contribution in [1.82, 2.24) is 0 Å². The van der Waals surface area contributed by atoms with Crippen LogP contribution >= 0.6 is 23.5 Å². The van der Waals surface area contributed by atoms with Crippen molar-refractivity contribution in [1.29, 1.82) is 0 Å². The van der Waals surface area contributed by atoms with Crippen LogP contribution in [-0.4, -0.2) is 27.5 Å². The summed E-state index contributed by atoms with van der Waals surface area (Å²) < 4.78 is 3.97. The molecule has 1 heterocycles. The fourth-order valence-electron chi connectivity index (χ4n) is 1.73. The Morgan fingerprint density at radius 1 is 1.33 bits per heavy atom. The van der Waals surface area contributed by atoms with Crippen LogP contribution in [0.1, 0.15) is 12.0 Å². The molecule has 1 aliphatic rings. The van der Waals surface area contributed by atoms with E-state index >= 15 is 0 Å². The van der Waals surface area contributed by atoms with Gasteiger partial charge in [-0.3, -0.25) is 0 Å². The van der Waals surface area contributed by atoms with Crippen LogP contribution in [0.15, 0.2) is 30.3 Å². The first-order valence-electron chi connectivity index (χ1n) is 5.23. The molecule has 3 heteroatoms. The van der Waals surface area contributed by atoms with Crippen molar-refractivity contribution < 1.29 is 4.58 Å². The quantitative estimate of drug-likeness (QED) is 0.728. The van der Waals surface area contributed by atoms with Gasteiger partial charge in [-0.15, -0.1) is 0 Å². The predicted octanol–water partition coefficient (Wildman–Crippen LogP) is 3.06. The summed E-state index contributed by atoms with van der Waals surface area (Å²) in [6.45, 7) is 2.27. The van der Waals surface area contributed by atoms with E-state index < -0.39 is 0 Å². The minimum Gasteiger partial charge on any atom is -0.214 e. The molecule has 0 saturated heterocycles. The SMILES string of the molecule is CSC1=[N+](Cc2ccccc2)CCCS1. The zero-order valence-corrected chi connectivity index (χ0v) is 10.6. The molecule has 0 fully saturated rings. The number of benzene rings is 1. The number of rotatable bonds is 2. The third kappa shape index (κ3) is 3.02. The third-order valence-corrected chi connectivity index (χ3v) is 4.91. The van der Waals surface area contributed by atoms with E-state index in [9.17, 15) is 0 Å². The van der Waals surface area contributed by atoms with Gasteiger partial charge in [0.2, 0.25) is 0 Å². The van der Waals surface area contributed by atoms with E-state index in [1.165, 1.54) is 28.7 Å². The molecule has 0 radical (unpaired) electrons. The molecular formula is C12H16NS2+. The van der Waals surface area contributed by atoms with Gasteiger partial charge in [0.25, 0.3) is 4.38 Å². The van der Waals surface area contributed by atoms with Gasteiger partial charge >= 0.3 is 0 Å². The molecule has 0 aliphatic carbocycles. The smallest absolute Gasteiger partial charge is 0.214 e. The van der Waals surface area contributed by atoms with E-state index in [1.54, 1.807) is 0 Å². The molecule has 15 heavy (non-hydrogen) atoms. The maximum Gasteiger partial charge on any atom is 0.270 e. The molecule has 1 aliphatic heterocycles. The highest BCUT2D eigenvalue weighted by atomic mass is 32.2. The molecule has 1 aromatic carbocycles. The van der Waals surface area contributed by atoms with Crippen molar-refractivity contribution in [2.45, 2.75) is 13.0 Å². The molecule has 1 aromatic rings. The summed E-state index contributed by atoms with van der Waals surface area (Å²) in [6, 6.07) is 10.7. The van der Waals surface area contributed by atoms with E-state index in [2.05, 4.69) is 41.2 Å². The lowest BCUT2D eigenvalue weighted by Crippen LogP contribution is -2.23. The van der Waals surface area contributed by atoms with Crippen molar-refractivity contribution in [3.63, 3.8) is 0 Å². The maximum absolute atomic E-state index is 2.49. The lowest BCUT2D eigenvalue weighted by atomic mass is 10.2. The number of thioether (sulfide) groups is 2. The van der Waals surface area contributed by atoms with Crippen molar-refractivity contribution >= 4 is 27.9 Å². The van der Waals surface area contributed by atoms with E-state index in [0.29, 0.717) is 0 Å². The summed E-state index contributed by atoms with van der Waals surface area (Å²) in [5, 5.41) is 0. The Balaban J connectivity index is 2.13. The Morgan fingerprint density at radius 3 is 2.87 bits per heavy atom. The van der Waals surface area contributed by atoms with Gasteiger partial charge in [0.1, 0.15) is 6.54 Å². The van der Waals surface area contributed by atoms with Crippen LogP contribution in [0.2, 0.25) is 0 Å². The standard InChI is InChI=1S/C12H16NS2/c1-14-12-13(8-5-9-15-12)10-11-6-3-2-4-7-11/h2-4,6-7H,5,8-10H2,1H3/q+1. The summed E-state index contributed by atoms with van der Waals surface area (Å²) in [4.78, 5) is 0. The maximum atomic E-state index is 2.49. The Kier molecular flexibility index (Phi) is 4.15. The average Bonchev–Trinajstić information content (AvgIpc) is 2.31. The van der Waals surface area contributed by atoms with Crippen LogP contribution in [0.5, 0.6) is 0 Å². The summed E-state index contributed by atoms with van der Waals surface area (Å²) in [5.41, 5.74) is 1.41. The van der Waals surface area contributed by atoms with Crippen LogP contribution in [0, 0.1) is 0 Å². The van der Waals surface area contributed by atoms with E-state index in [1.807, 2.05) is 23.5 Å². The van der Waals surface area contributed by atoms with Gasteiger partial charge in [0, 0.05) is 17.7 Å². The number of hydrogen-bond donors (Lipinski definition) is 0. The summed E-state index contributed by atoms with van der Waals surface area (Å²) in [7, 11) is 0. The normalized spacial score (nSPS) is 16.9. The first kappa shape index (κ1) is 11.1. The molecule has 0 bridgehead atoms. The number of hydrogen-bond acceptors (Lipinski definition) is 2. The van der Waals surface area contributed by atoms with Gasteiger partial charge in [-0.2, -0.15) is 0 Å². The largest absolute Gasteiger partial charge is 0.270 e. The minimum absolute atomic E-state index is 1.06. The predicted molar refractivity (Wildman–Crippen MR) is 70.9 cm³/mol. The zero-order valence-electron chi connectivity index (χ0n) is 8.98. The highest BCUT2D eigenvalue weighted by Gasteiger charge is 2.19. The lowest BCUT2D eigenvalue weighted by Gasteiger charge is -2.12. The van der Waals surface area contributed by atoms with Crippen LogP contribution in [0.4, 0.5) is 0 Å². The summed E-state index contributed by atoms with van der Waals surface area (Å²) >= 11 is 3.87. The Bertz CT molecular complexity index is 346. The number of nitrogens with zero attached hydrogens (tertiary/aromatic N) is 1. The van der Waals surface area contributed by atoms with Crippen LogP contribution in [0.25, 0.3) is 0 Å². The zero-order chi connectivity index (χ0) is 10.5. The van der Waals surface area contributed by atoms with Crippen LogP contribution in [-0.2, 0) is 6.54 Å². The molecule has 0 amide bonds. The summed E-state index contributed by atoms with van der Waals surface area (Å²) in [5.74, 6) is 1.28. The van der Waals surface area contributed by atoms with Crippen molar-refractivity contribution in [3.05, 3.63) is 35.9 Å². The second kappa shape index (κ2) is 5.61. The van der Waals surface area contributed by atoms with Crippen molar-refractivity contribution in [3.8, 4) is 0 Å². The third-order valence-electron chi connectivity index (χ3n) is 2.45. The van der Waals surface area contributed by atoms with Crippen molar-refractivity contribution in [2.75, 3.05) is 18.6 Å². The van der Waals surface area contributed by atoms with Crippen LogP contribution in [0.3, 0.4) is 0 Å². The van der Waals surface area contributed by atoms with Crippen LogP contribution < -0.4 is 0 Å². The van der Waals surface area contributed by atoms with E-state index in [-0.39, 0.29) is 0 Å². The molecule has 80 valence electrons. The molecule has 0 aromatic heterocycles. The first-order valence-corrected chi connectivity index (χ1v) is 7.44. The average molecular weight is 238 g/mol. The Hall–Kier alpha value is -0.410. The van der Waals surface area contributed by atoms with Gasteiger partial charge in [-0.1, -0.05) is 42.1 Å². The molecular weight excluding hydrogens is 222 g/mol. The highest BCUT2D eigenvalue weighted by molar-refractivity contribution is 8.38. The topological polar surface area (TPSA) is 3.01 Å². The highest BCUT2D eigenvalue weighted by Crippen LogP contribution is 2.20. The molecule has 2 rings (SSSR count). The first-order chi connectivity index (χ1) is 7.40. The Labute approximate surface area is 100.0 Å². The molecule has 1 nitrogen and oxygen atoms in total. The molecule has 0 unspecified atom stereocenters. The van der Waals surface area contributed by atoms with E-state index in [0.717, 1.165) is 6.54 Å².